The highest BCUT2D eigenvalue weighted by Crippen LogP contribution is 2.19. The van der Waals surface area contributed by atoms with Crippen molar-refractivity contribution in [3.8, 4) is 11.5 Å². The molecule has 0 radical (unpaired) electrons. The van der Waals surface area contributed by atoms with Crippen molar-refractivity contribution >= 4 is 5.91 Å². The second-order valence-corrected chi connectivity index (χ2v) is 4.76. The Morgan fingerprint density at radius 3 is 2.50 bits per heavy atom. The number of halogens is 1. The molecule has 5 heteroatoms. The number of benzene rings is 2. The molecular formula is C17H18FNO3. The van der Waals surface area contributed by atoms with Crippen molar-refractivity contribution in [2.75, 3.05) is 7.05 Å². The van der Waals surface area contributed by atoms with Gasteiger partial charge in [-0.25, -0.2) is 4.39 Å². The number of amides is 1. The fourth-order valence-electron chi connectivity index (χ4n) is 1.87. The Balaban J connectivity index is 1.90. The second-order valence-electron chi connectivity index (χ2n) is 4.76. The fourth-order valence-corrected chi connectivity index (χ4v) is 1.87. The van der Waals surface area contributed by atoms with Gasteiger partial charge in [0, 0.05) is 7.05 Å². The molecule has 0 aliphatic carbocycles. The first kappa shape index (κ1) is 15.8. The lowest BCUT2D eigenvalue weighted by atomic mass is 10.2. The van der Waals surface area contributed by atoms with Gasteiger partial charge in [-0.1, -0.05) is 12.1 Å². The summed E-state index contributed by atoms with van der Waals surface area (Å²) in [6, 6.07) is 13.2. The van der Waals surface area contributed by atoms with Gasteiger partial charge in [-0.3, -0.25) is 4.79 Å². The predicted octanol–water partition coefficient (Wildman–Crippen LogP) is 2.92. The molecule has 4 nitrogen and oxygen atoms in total. The summed E-state index contributed by atoms with van der Waals surface area (Å²) >= 11 is 0. The molecule has 0 saturated heterocycles. The Morgan fingerprint density at radius 2 is 1.86 bits per heavy atom. The van der Waals surface area contributed by atoms with Gasteiger partial charge in [0.05, 0.1) is 0 Å². The van der Waals surface area contributed by atoms with Crippen LogP contribution in [0, 0.1) is 5.82 Å². The topological polar surface area (TPSA) is 47.6 Å². The zero-order chi connectivity index (χ0) is 15.9. The van der Waals surface area contributed by atoms with Crippen molar-refractivity contribution < 1.29 is 18.7 Å². The molecular weight excluding hydrogens is 285 g/mol. The summed E-state index contributed by atoms with van der Waals surface area (Å²) in [6.45, 7) is 1.96. The maximum atomic E-state index is 13.1. The van der Waals surface area contributed by atoms with Gasteiger partial charge in [0.15, 0.2) is 6.10 Å². The molecule has 0 aromatic heterocycles. The Hall–Kier alpha value is -2.56. The number of nitrogens with one attached hydrogen (secondary N) is 1. The van der Waals surface area contributed by atoms with E-state index >= 15 is 0 Å². The fraction of sp³-hybridized carbons (Fsp3) is 0.235. The SMILES string of the molecule is CNC(=O)[C@@H](C)Oc1ccc(OCc2cccc(F)c2)cc1. The number of likely N-dealkylation sites (N-methyl/N-ethyl adjacent to an activating group) is 1. The number of hydrogen-bond acceptors (Lipinski definition) is 3. The molecule has 22 heavy (non-hydrogen) atoms. The molecule has 0 aliphatic rings. The molecule has 0 spiro atoms. The van der Waals surface area contributed by atoms with Crippen LogP contribution >= 0.6 is 0 Å². The molecule has 1 N–H and O–H groups in total. The quantitative estimate of drug-likeness (QED) is 0.892. The van der Waals surface area contributed by atoms with E-state index in [4.69, 9.17) is 9.47 Å². The summed E-state index contributed by atoms with van der Waals surface area (Å²) in [5, 5.41) is 2.52. The monoisotopic (exact) mass is 303 g/mol. The minimum absolute atomic E-state index is 0.188. The van der Waals surface area contributed by atoms with Crippen LogP contribution in [0.4, 0.5) is 4.39 Å². The van der Waals surface area contributed by atoms with Crippen molar-refractivity contribution in [3.05, 3.63) is 59.9 Å². The van der Waals surface area contributed by atoms with Crippen LogP contribution in [-0.4, -0.2) is 19.1 Å². The Morgan fingerprint density at radius 1 is 1.18 bits per heavy atom. The zero-order valence-electron chi connectivity index (χ0n) is 12.5. The van der Waals surface area contributed by atoms with Crippen molar-refractivity contribution in [1.29, 1.82) is 0 Å². The minimum Gasteiger partial charge on any atom is -0.489 e. The molecule has 2 aromatic carbocycles. The Kier molecular flexibility index (Phi) is 5.36. The van der Waals surface area contributed by atoms with Crippen LogP contribution in [0.15, 0.2) is 48.5 Å². The van der Waals surface area contributed by atoms with Crippen LogP contribution in [0.25, 0.3) is 0 Å². The lowest BCUT2D eigenvalue weighted by molar-refractivity contribution is -0.126. The third-order valence-electron chi connectivity index (χ3n) is 3.05. The second kappa shape index (κ2) is 7.45. The number of rotatable bonds is 6. The maximum absolute atomic E-state index is 13.1. The summed E-state index contributed by atoms with van der Waals surface area (Å²) in [5.41, 5.74) is 0.758. The summed E-state index contributed by atoms with van der Waals surface area (Å²) in [7, 11) is 1.56. The lowest BCUT2D eigenvalue weighted by Crippen LogP contribution is -2.33. The van der Waals surface area contributed by atoms with Crippen LogP contribution < -0.4 is 14.8 Å². The lowest BCUT2D eigenvalue weighted by Gasteiger charge is -2.13. The van der Waals surface area contributed by atoms with Gasteiger partial charge in [0.1, 0.15) is 23.9 Å². The van der Waals surface area contributed by atoms with Gasteiger partial charge in [-0.2, -0.15) is 0 Å². The Bertz CT molecular complexity index is 628. The normalized spacial score (nSPS) is 11.6. The summed E-state index contributed by atoms with van der Waals surface area (Å²) in [6.07, 6.45) is -0.566. The first-order chi connectivity index (χ1) is 10.6. The standard InChI is InChI=1S/C17H18FNO3/c1-12(17(20)19-2)22-16-8-6-15(7-9-16)21-11-13-4-3-5-14(18)10-13/h3-10,12H,11H2,1-2H3,(H,19,20)/t12-/m1/s1. The number of carbonyl (C=O) groups is 1. The van der Waals surface area contributed by atoms with Crippen molar-refractivity contribution in [2.45, 2.75) is 19.6 Å². The third kappa shape index (κ3) is 4.48. The highest BCUT2D eigenvalue weighted by molar-refractivity contribution is 5.80. The van der Waals surface area contributed by atoms with Crippen LogP contribution in [-0.2, 0) is 11.4 Å². The van der Waals surface area contributed by atoms with E-state index in [0.29, 0.717) is 11.5 Å². The largest absolute Gasteiger partial charge is 0.489 e. The van der Waals surface area contributed by atoms with Gasteiger partial charge in [0.2, 0.25) is 0 Å². The smallest absolute Gasteiger partial charge is 0.260 e. The van der Waals surface area contributed by atoms with Crippen molar-refractivity contribution in [2.24, 2.45) is 0 Å². The average molecular weight is 303 g/mol. The highest BCUT2D eigenvalue weighted by atomic mass is 19.1. The minimum atomic E-state index is -0.566. The average Bonchev–Trinajstić information content (AvgIpc) is 2.53. The van der Waals surface area contributed by atoms with Gasteiger partial charge in [0.25, 0.3) is 5.91 Å². The molecule has 0 unspecified atom stereocenters. The summed E-state index contributed by atoms with van der Waals surface area (Å²) in [5.74, 6) is 0.748. The molecule has 1 amide bonds. The molecule has 0 bridgehead atoms. The van der Waals surface area contributed by atoms with E-state index in [0.717, 1.165) is 5.56 Å². The summed E-state index contributed by atoms with van der Waals surface area (Å²) < 4.78 is 24.1. The molecule has 1 atom stereocenters. The molecule has 0 fully saturated rings. The van der Waals surface area contributed by atoms with E-state index in [2.05, 4.69) is 5.32 Å². The van der Waals surface area contributed by atoms with Crippen LogP contribution in [0.1, 0.15) is 12.5 Å². The third-order valence-corrected chi connectivity index (χ3v) is 3.05. The molecule has 0 aliphatic heterocycles. The van der Waals surface area contributed by atoms with Gasteiger partial charge >= 0.3 is 0 Å². The number of hydrogen-bond donors (Lipinski definition) is 1. The van der Waals surface area contributed by atoms with Gasteiger partial charge in [-0.05, 0) is 48.9 Å². The van der Waals surface area contributed by atoms with E-state index < -0.39 is 6.10 Å². The first-order valence-corrected chi connectivity index (χ1v) is 6.94. The molecule has 0 heterocycles. The Labute approximate surface area is 128 Å². The van der Waals surface area contributed by atoms with E-state index in [-0.39, 0.29) is 18.3 Å². The van der Waals surface area contributed by atoms with Crippen LogP contribution in [0.3, 0.4) is 0 Å². The highest BCUT2D eigenvalue weighted by Gasteiger charge is 2.12. The van der Waals surface area contributed by atoms with Crippen molar-refractivity contribution in [3.63, 3.8) is 0 Å². The number of carbonyl (C=O) groups excluding carboxylic acids is 1. The van der Waals surface area contributed by atoms with E-state index in [1.54, 1.807) is 50.4 Å². The summed E-state index contributed by atoms with van der Waals surface area (Å²) in [4.78, 5) is 11.4. The van der Waals surface area contributed by atoms with Crippen molar-refractivity contribution in [1.82, 2.24) is 5.32 Å². The van der Waals surface area contributed by atoms with Gasteiger partial charge in [-0.15, -0.1) is 0 Å². The predicted molar refractivity (Wildman–Crippen MR) is 81.3 cm³/mol. The molecule has 2 rings (SSSR count). The van der Waals surface area contributed by atoms with E-state index in [1.165, 1.54) is 12.1 Å². The molecule has 116 valence electrons. The maximum Gasteiger partial charge on any atom is 0.260 e. The molecule has 2 aromatic rings. The first-order valence-electron chi connectivity index (χ1n) is 6.94. The van der Waals surface area contributed by atoms with Crippen LogP contribution in [0.2, 0.25) is 0 Å². The number of ether oxygens (including phenoxy) is 2. The van der Waals surface area contributed by atoms with E-state index in [9.17, 15) is 9.18 Å². The van der Waals surface area contributed by atoms with E-state index in [1.807, 2.05) is 0 Å². The van der Waals surface area contributed by atoms with Crippen LogP contribution in [0.5, 0.6) is 11.5 Å². The molecule has 0 saturated carbocycles. The zero-order valence-corrected chi connectivity index (χ0v) is 12.5. The van der Waals surface area contributed by atoms with Gasteiger partial charge < -0.3 is 14.8 Å².